The number of benzene rings is 1. The van der Waals surface area contributed by atoms with E-state index in [1.165, 1.54) is 24.5 Å². The molecule has 2 aromatic heterocycles. The summed E-state index contributed by atoms with van der Waals surface area (Å²) in [6.45, 7) is 1.84. The molecule has 1 N–H and O–H groups in total. The Kier molecular flexibility index (Phi) is 6.46. The number of halogens is 4. The summed E-state index contributed by atoms with van der Waals surface area (Å²) in [7, 11) is 1.38. The second-order valence-corrected chi connectivity index (χ2v) is 8.98. The molecular weight excluding hydrogens is 466 g/mol. The van der Waals surface area contributed by atoms with Gasteiger partial charge in [0.05, 0.1) is 34.2 Å². The molecule has 12 heteroatoms. The number of aryl methyl sites for hydroxylation is 1. The summed E-state index contributed by atoms with van der Waals surface area (Å²) in [4.78, 5) is 18.8. The largest absolute Gasteiger partial charge is 0.496 e. The Morgan fingerprint density at radius 2 is 1.94 bits per heavy atom. The van der Waals surface area contributed by atoms with E-state index in [-0.39, 0.29) is 48.3 Å². The maximum Gasteiger partial charge on any atom is 0.439 e. The zero-order valence-corrected chi connectivity index (χ0v) is 18.6. The molecule has 0 spiro atoms. The second-order valence-electron chi connectivity index (χ2n) is 7.87. The van der Waals surface area contributed by atoms with Crippen molar-refractivity contribution < 1.29 is 31.6 Å². The van der Waals surface area contributed by atoms with E-state index in [9.17, 15) is 22.4 Å². The molecule has 0 aliphatic heterocycles. The van der Waals surface area contributed by atoms with Gasteiger partial charge < -0.3 is 9.47 Å². The molecule has 3 aromatic rings. The van der Waals surface area contributed by atoms with Gasteiger partial charge in [-0.15, -0.1) is 11.3 Å². The first-order valence-electron chi connectivity index (χ1n) is 10.2. The highest BCUT2D eigenvalue weighted by Crippen LogP contribution is 2.44. The number of ether oxygens (including phenoxy) is 2. The number of aromatic amines is 1. The normalized spacial score (nSPS) is 19.0. The Morgan fingerprint density at radius 3 is 2.55 bits per heavy atom. The van der Waals surface area contributed by atoms with Crippen LogP contribution in [-0.2, 0) is 6.61 Å². The number of thiazole rings is 1. The minimum atomic E-state index is -4.15. The Morgan fingerprint density at radius 1 is 1.21 bits per heavy atom. The third-order valence-electron chi connectivity index (χ3n) is 5.76. The van der Waals surface area contributed by atoms with Gasteiger partial charge >= 0.3 is 11.9 Å². The number of methoxy groups -OCH3 is 1. The Bertz CT molecular complexity index is 1180. The Balaban J connectivity index is 1.46. The standard InChI is InChI=1S/C21H21F4N3O4S/c1-10-17(33-19(26-10)11-3-5-12(6-4-11)21(23,24)25)9-31-16-8-15(30-2)13(7-14(16)22)18-27-20(29)32-28-18/h7-8,11-12H,3-6,9H2,1-2H3,(H,27,28,29). The number of nitrogens with zero attached hydrogens (tertiary/aromatic N) is 2. The zero-order chi connectivity index (χ0) is 23.8. The lowest BCUT2D eigenvalue weighted by Crippen LogP contribution is -2.27. The number of alkyl halides is 3. The lowest BCUT2D eigenvalue weighted by atomic mass is 9.82. The van der Waals surface area contributed by atoms with Crippen molar-refractivity contribution in [3.05, 3.63) is 44.1 Å². The smallest absolute Gasteiger partial charge is 0.439 e. The monoisotopic (exact) mass is 487 g/mol. The molecule has 2 heterocycles. The number of nitrogens with one attached hydrogen (secondary N) is 1. The summed E-state index contributed by atoms with van der Waals surface area (Å²) in [5, 5.41) is 4.32. The lowest BCUT2D eigenvalue weighted by molar-refractivity contribution is -0.182. The topological polar surface area (TPSA) is 90.2 Å². The highest BCUT2D eigenvalue weighted by molar-refractivity contribution is 7.11. The molecule has 0 bridgehead atoms. The van der Waals surface area contributed by atoms with Gasteiger partial charge in [-0.25, -0.2) is 14.2 Å². The minimum Gasteiger partial charge on any atom is -0.496 e. The van der Waals surface area contributed by atoms with Crippen LogP contribution in [0.1, 0.15) is 47.2 Å². The van der Waals surface area contributed by atoms with Crippen molar-refractivity contribution in [1.82, 2.24) is 15.1 Å². The van der Waals surface area contributed by atoms with E-state index >= 15 is 0 Å². The van der Waals surface area contributed by atoms with Gasteiger partial charge in [0, 0.05) is 12.0 Å². The summed E-state index contributed by atoms with van der Waals surface area (Å²) in [5.41, 5.74) is 0.899. The average Bonchev–Trinajstić information content (AvgIpc) is 3.37. The third-order valence-corrected chi connectivity index (χ3v) is 7.05. The molecule has 1 aliphatic rings. The molecule has 0 unspecified atom stereocenters. The molecule has 0 amide bonds. The van der Waals surface area contributed by atoms with Crippen molar-refractivity contribution in [2.24, 2.45) is 5.92 Å². The fourth-order valence-electron chi connectivity index (χ4n) is 3.92. The number of rotatable bonds is 6. The van der Waals surface area contributed by atoms with E-state index in [4.69, 9.17) is 9.47 Å². The summed E-state index contributed by atoms with van der Waals surface area (Å²) in [6, 6.07) is 2.46. The van der Waals surface area contributed by atoms with Crippen LogP contribution >= 0.6 is 11.3 Å². The van der Waals surface area contributed by atoms with Crippen molar-refractivity contribution in [2.45, 2.75) is 51.3 Å². The van der Waals surface area contributed by atoms with E-state index in [0.717, 1.165) is 16.0 Å². The Labute approximate surface area is 189 Å². The van der Waals surface area contributed by atoms with Crippen LogP contribution in [-0.4, -0.2) is 28.4 Å². The van der Waals surface area contributed by atoms with Gasteiger partial charge in [-0.2, -0.15) is 13.2 Å². The van der Waals surface area contributed by atoms with Crippen molar-refractivity contribution in [3.8, 4) is 22.9 Å². The first kappa shape index (κ1) is 23.3. The number of aromatic nitrogens is 3. The quantitative estimate of drug-likeness (QED) is 0.471. The first-order chi connectivity index (χ1) is 15.7. The van der Waals surface area contributed by atoms with Crippen LogP contribution in [0, 0.1) is 18.7 Å². The van der Waals surface area contributed by atoms with Crippen LogP contribution in [0.4, 0.5) is 17.6 Å². The van der Waals surface area contributed by atoms with Gasteiger partial charge in [-0.1, -0.05) is 5.16 Å². The predicted octanol–water partition coefficient (Wildman–Crippen LogP) is 5.36. The van der Waals surface area contributed by atoms with Crippen molar-refractivity contribution in [1.29, 1.82) is 0 Å². The highest BCUT2D eigenvalue weighted by Gasteiger charge is 2.42. The molecule has 1 aliphatic carbocycles. The molecule has 4 rings (SSSR count). The van der Waals surface area contributed by atoms with E-state index in [1.54, 1.807) is 6.92 Å². The number of hydrogen-bond donors (Lipinski definition) is 1. The molecule has 0 saturated heterocycles. The summed E-state index contributed by atoms with van der Waals surface area (Å²) in [6.07, 6.45) is -3.06. The average molecular weight is 487 g/mol. The van der Waals surface area contributed by atoms with E-state index in [1.807, 2.05) is 0 Å². The zero-order valence-electron chi connectivity index (χ0n) is 17.8. The maximum atomic E-state index is 14.7. The van der Waals surface area contributed by atoms with Crippen molar-refractivity contribution in [2.75, 3.05) is 7.11 Å². The van der Waals surface area contributed by atoms with E-state index in [2.05, 4.69) is 19.6 Å². The van der Waals surface area contributed by atoms with E-state index < -0.39 is 23.7 Å². The number of H-pyrrole nitrogens is 1. The fourth-order valence-corrected chi connectivity index (χ4v) is 5.06. The van der Waals surface area contributed by atoms with Crippen LogP contribution in [0.15, 0.2) is 21.5 Å². The molecule has 1 fully saturated rings. The van der Waals surface area contributed by atoms with Crippen LogP contribution in [0.3, 0.4) is 0 Å². The molecule has 7 nitrogen and oxygen atoms in total. The second kappa shape index (κ2) is 9.16. The molecular formula is C21H21F4N3O4S. The van der Waals surface area contributed by atoms with Gasteiger partial charge in [0.2, 0.25) is 0 Å². The Hall–Kier alpha value is -2.89. The lowest BCUT2D eigenvalue weighted by Gasteiger charge is -2.28. The molecule has 0 atom stereocenters. The molecule has 178 valence electrons. The molecule has 33 heavy (non-hydrogen) atoms. The van der Waals surface area contributed by atoms with Crippen molar-refractivity contribution in [3.63, 3.8) is 0 Å². The fraction of sp³-hybridized carbons (Fsp3) is 0.476. The van der Waals surface area contributed by atoms with Gasteiger partial charge in [0.1, 0.15) is 12.4 Å². The summed E-state index contributed by atoms with van der Waals surface area (Å²) >= 11 is 1.38. The first-order valence-corrected chi connectivity index (χ1v) is 11.1. The van der Waals surface area contributed by atoms with E-state index in [0.29, 0.717) is 18.5 Å². The summed E-state index contributed by atoms with van der Waals surface area (Å²) < 4.78 is 68.8. The van der Waals surface area contributed by atoms with Crippen LogP contribution < -0.4 is 15.2 Å². The van der Waals surface area contributed by atoms with Crippen LogP contribution in [0.25, 0.3) is 11.4 Å². The van der Waals surface area contributed by atoms with Gasteiger partial charge in [-0.3, -0.25) is 9.51 Å². The summed E-state index contributed by atoms with van der Waals surface area (Å²) in [5.74, 6) is -2.56. The maximum absolute atomic E-state index is 14.7. The number of hydrogen-bond acceptors (Lipinski definition) is 7. The highest BCUT2D eigenvalue weighted by atomic mass is 32.1. The van der Waals surface area contributed by atoms with Gasteiger partial charge in [0.15, 0.2) is 17.4 Å². The van der Waals surface area contributed by atoms with Crippen LogP contribution in [0.5, 0.6) is 11.5 Å². The molecule has 0 radical (unpaired) electrons. The molecule has 1 aromatic carbocycles. The third kappa shape index (κ3) is 5.05. The van der Waals surface area contributed by atoms with Gasteiger partial charge in [-0.05, 0) is 38.7 Å². The van der Waals surface area contributed by atoms with Crippen LogP contribution in [0.2, 0.25) is 0 Å². The van der Waals surface area contributed by atoms with Crippen molar-refractivity contribution >= 4 is 11.3 Å². The predicted molar refractivity (Wildman–Crippen MR) is 111 cm³/mol. The van der Waals surface area contributed by atoms with Gasteiger partial charge in [0.25, 0.3) is 0 Å². The minimum absolute atomic E-state index is 0.0122. The SMILES string of the molecule is COc1cc(OCc2sc(C3CCC(C(F)(F)F)CC3)nc2C)c(F)cc1-c1noc(=O)[nH]1. The molecule has 1 saturated carbocycles.